The Morgan fingerprint density at radius 1 is 1.25 bits per heavy atom. The molecule has 1 unspecified atom stereocenters. The molecule has 2 heteroatoms. The minimum atomic E-state index is 0.710. The van der Waals surface area contributed by atoms with Crippen molar-refractivity contribution in [2.24, 2.45) is 0 Å². The topological polar surface area (TPSA) is 15.3 Å². The van der Waals surface area contributed by atoms with Crippen molar-refractivity contribution >= 4 is 0 Å². The quantitative estimate of drug-likeness (QED) is 0.799. The lowest BCUT2D eigenvalue weighted by Crippen LogP contribution is -2.33. The molecule has 1 saturated carbocycles. The SMILES string of the molecule is CC(CCCNC1CC1)N1CCCc2ccccc2C1. The van der Waals surface area contributed by atoms with Gasteiger partial charge in [0.2, 0.25) is 0 Å². The maximum Gasteiger partial charge on any atom is 0.0239 e. The zero-order chi connectivity index (χ0) is 13.8. The van der Waals surface area contributed by atoms with Gasteiger partial charge in [-0.15, -0.1) is 0 Å². The van der Waals surface area contributed by atoms with Crippen LogP contribution in [-0.4, -0.2) is 30.1 Å². The van der Waals surface area contributed by atoms with Crippen molar-refractivity contribution in [1.82, 2.24) is 10.2 Å². The molecule has 0 saturated heterocycles. The maximum absolute atomic E-state index is 3.62. The van der Waals surface area contributed by atoms with Gasteiger partial charge in [0.05, 0.1) is 0 Å². The summed E-state index contributed by atoms with van der Waals surface area (Å²) in [5.41, 5.74) is 3.12. The maximum atomic E-state index is 3.62. The first-order valence-electron chi connectivity index (χ1n) is 8.37. The van der Waals surface area contributed by atoms with Gasteiger partial charge in [0, 0.05) is 18.6 Å². The molecule has 0 radical (unpaired) electrons. The largest absolute Gasteiger partial charge is 0.314 e. The van der Waals surface area contributed by atoms with E-state index in [2.05, 4.69) is 41.4 Å². The summed E-state index contributed by atoms with van der Waals surface area (Å²) in [6.07, 6.45) is 8.00. The molecule has 0 amide bonds. The third-order valence-electron chi connectivity index (χ3n) is 4.82. The van der Waals surface area contributed by atoms with Crippen LogP contribution in [0.3, 0.4) is 0 Å². The molecule has 1 atom stereocenters. The van der Waals surface area contributed by atoms with Gasteiger partial charge in [-0.3, -0.25) is 4.90 Å². The molecule has 110 valence electrons. The minimum absolute atomic E-state index is 0.710. The first kappa shape index (κ1) is 14.1. The Morgan fingerprint density at radius 3 is 2.85 bits per heavy atom. The van der Waals surface area contributed by atoms with Crippen molar-refractivity contribution in [3.63, 3.8) is 0 Å². The first-order valence-corrected chi connectivity index (χ1v) is 8.37. The number of nitrogens with zero attached hydrogens (tertiary/aromatic N) is 1. The third kappa shape index (κ3) is 3.83. The van der Waals surface area contributed by atoms with E-state index >= 15 is 0 Å². The summed E-state index contributed by atoms with van der Waals surface area (Å²) in [6.45, 7) is 6.02. The zero-order valence-corrected chi connectivity index (χ0v) is 12.8. The lowest BCUT2D eigenvalue weighted by Gasteiger charge is -2.28. The highest BCUT2D eigenvalue weighted by atomic mass is 15.1. The van der Waals surface area contributed by atoms with Gasteiger partial charge >= 0.3 is 0 Å². The van der Waals surface area contributed by atoms with Crippen molar-refractivity contribution in [3.8, 4) is 0 Å². The molecular formula is C18H28N2. The molecular weight excluding hydrogens is 244 g/mol. The van der Waals surface area contributed by atoms with Gasteiger partial charge in [-0.2, -0.15) is 0 Å². The number of fused-ring (bicyclic) bond motifs is 1. The molecule has 1 aromatic rings. The van der Waals surface area contributed by atoms with Gasteiger partial charge in [0.25, 0.3) is 0 Å². The van der Waals surface area contributed by atoms with E-state index in [9.17, 15) is 0 Å². The third-order valence-corrected chi connectivity index (χ3v) is 4.82. The van der Waals surface area contributed by atoms with Crippen molar-refractivity contribution in [2.75, 3.05) is 13.1 Å². The van der Waals surface area contributed by atoms with E-state index in [1.165, 1.54) is 51.6 Å². The smallest absolute Gasteiger partial charge is 0.0239 e. The van der Waals surface area contributed by atoms with Gasteiger partial charge in [-0.25, -0.2) is 0 Å². The average molecular weight is 272 g/mol. The number of rotatable bonds is 6. The summed E-state index contributed by atoms with van der Waals surface area (Å²) >= 11 is 0. The molecule has 2 nitrogen and oxygen atoms in total. The predicted molar refractivity (Wildman–Crippen MR) is 84.9 cm³/mol. The Morgan fingerprint density at radius 2 is 2.05 bits per heavy atom. The average Bonchev–Trinajstić information content (AvgIpc) is 3.29. The molecule has 0 bridgehead atoms. The Hall–Kier alpha value is -0.860. The first-order chi connectivity index (χ1) is 9.83. The van der Waals surface area contributed by atoms with Crippen LogP contribution in [0.2, 0.25) is 0 Å². The second kappa shape index (κ2) is 6.73. The van der Waals surface area contributed by atoms with Crippen molar-refractivity contribution in [2.45, 2.75) is 64.1 Å². The van der Waals surface area contributed by atoms with Crippen molar-refractivity contribution in [1.29, 1.82) is 0 Å². The summed E-state index contributed by atoms with van der Waals surface area (Å²) in [5, 5.41) is 3.62. The van der Waals surface area contributed by atoms with E-state index in [0.717, 1.165) is 12.6 Å². The Kier molecular flexibility index (Phi) is 4.74. The van der Waals surface area contributed by atoms with Gasteiger partial charge in [-0.1, -0.05) is 24.3 Å². The van der Waals surface area contributed by atoms with Crippen LogP contribution in [0.15, 0.2) is 24.3 Å². The van der Waals surface area contributed by atoms with Gasteiger partial charge in [0.15, 0.2) is 0 Å². The van der Waals surface area contributed by atoms with Crippen molar-refractivity contribution < 1.29 is 0 Å². The summed E-state index contributed by atoms with van der Waals surface area (Å²) in [4.78, 5) is 2.68. The Labute approximate surface area is 123 Å². The molecule has 1 aromatic carbocycles. The van der Waals surface area contributed by atoms with E-state index in [0.29, 0.717) is 6.04 Å². The molecule has 1 aliphatic heterocycles. The van der Waals surface area contributed by atoms with E-state index in [1.807, 2.05) is 0 Å². The lowest BCUT2D eigenvalue weighted by atomic mass is 10.0. The molecule has 1 aliphatic carbocycles. The molecule has 0 spiro atoms. The van der Waals surface area contributed by atoms with Crippen LogP contribution < -0.4 is 5.32 Å². The molecule has 1 heterocycles. The van der Waals surface area contributed by atoms with Crippen LogP contribution in [0.5, 0.6) is 0 Å². The second-order valence-corrected chi connectivity index (χ2v) is 6.56. The normalized spacial score (nSPS) is 21.2. The molecule has 1 fully saturated rings. The summed E-state index contributed by atoms with van der Waals surface area (Å²) in [5.74, 6) is 0. The van der Waals surface area contributed by atoms with Crippen LogP contribution in [0.1, 0.15) is 50.2 Å². The fourth-order valence-corrected chi connectivity index (χ4v) is 3.28. The van der Waals surface area contributed by atoms with Crippen molar-refractivity contribution in [3.05, 3.63) is 35.4 Å². The van der Waals surface area contributed by atoms with Crippen LogP contribution in [-0.2, 0) is 13.0 Å². The molecule has 3 rings (SSSR count). The van der Waals surface area contributed by atoms with E-state index in [-0.39, 0.29) is 0 Å². The van der Waals surface area contributed by atoms with E-state index < -0.39 is 0 Å². The molecule has 0 aromatic heterocycles. The number of benzene rings is 1. The second-order valence-electron chi connectivity index (χ2n) is 6.56. The van der Waals surface area contributed by atoms with Gasteiger partial charge < -0.3 is 5.32 Å². The highest BCUT2D eigenvalue weighted by Crippen LogP contribution is 2.22. The number of nitrogens with one attached hydrogen (secondary N) is 1. The fraction of sp³-hybridized carbons (Fsp3) is 0.667. The van der Waals surface area contributed by atoms with Crippen LogP contribution in [0.4, 0.5) is 0 Å². The highest BCUT2D eigenvalue weighted by Gasteiger charge is 2.21. The Bertz CT molecular complexity index is 425. The van der Waals surface area contributed by atoms with E-state index in [4.69, 9.17) is 0 Å². The van der Waals surface area contributed by atoms with Crippen LogP contribution >= 0.6 is 0 Å². The monoisotopic (exact) mass is 272 g/mol. The van der Waals surface area contributed by atoms with Crippen LogP contribution in [0, 0.1) is 0 Å². The zero-order valence-electron chi connectivity index (χ0n) is 12.8. The standard InChI is InChI=1S/C18H28N2/c1-15(6-4-12-19-18-10-11-18)20-13-5-9-16-7-2-3-8-17(16)14-20/h2-3,7-8,15,18-19H,4-6,9-14H2,1H3. The number of hydrogen-bond acceptors (Lipinski definition) is 2. The Balaban J connectivity index is 1.48. The minimum Gasteiger partial charge on any atom is -0.314 e. The fourth-order valence-electron chi connectivity index (χ4n) is 3.28. The van der Waals surface area contributed by atoms with Gasteiger partial charge in [0.1, 0.15) is 0 Å². The molecule has 1 N–H and O–H groups in total. The highest BCUT2D eigenvalue weighted by molar-refractivity contribution is 5.28. The summed E-state index contributed by atoms with van der Waals surface area (Å²) in [7, 11) is 0. The van der Waals surface area contributed by atoms with Crippen LogP contribution in [0.25, 0.3) is 0 Å². The predicted octanol–water partition coefficient (Wildman–Crippen LogP) is 3.36. The summed E-state index contributed by atoms with van der Waals surface area (Å²) in [6, 6.07) is 10.6. The summed E-state index contributed by atoms with van der Waals surface area (Å²) < 4.78 is 0. The van der Waals surface area contributed by atoms with Gasteiger partial charge in [-0.05, 0) is 69.7 Å². The molecule has 2 aliphatic rings. The molecule has 20 heavy (non-hydrogen) atoms. The van der Waals surface area contributed by atoms with E-state index in [1.54, 1.807) is 11.1 Å². The lowest BCUT2D eigenvalue weighted by molar-refractivity contribution is 0.191. The number of aryl methyl sites for hydroxylation is 1. The number of hydrogen-bond donors (Lipinski definition) is 1.